The van der Waals surface area contributed by atoms with Crippen molar-refractivity contribution in [2.24, 2.45) is 5.73 Å². The molecule has 0 fully saturated rings. The van der Waals surface area contributed by atoms with Crippen LogP contribution in [0.15, 0.2) is 36.8 Å². The lowest BCUT2D eigenvalue weighted by Gasteiger charge is -2.12. The molecule has 0 saturated carbocycles. The zero-order valence-corrected chi connectivity index (χ0v) is 14.3. The third kappa shape index (κ3) is 6.70. The molecule has 0 aliphatic heterocycles. The first-order valence-corrected chi connectivity index (χ1v) is 9.43. The number of nitrogens with one attached hydrogen (secondary N) is 2. The molecule has 1 atom stereocenters. The van der Waals surface area contributed by atoms with Crippen LogP contribution in [0.1, 0.15) is 24.1 Å². The predicted molar refractivity (Wildman–Crippen MR) is 91.6 cm³/mol. The molecule has 0 saturated heterocycles. The number of hydrogen-bond acceptors (Lipinski definition) is 4. The Labute approximate surface area is 141 Å². The highest BCUT2D eigenvalue weighted by atomic mass is 35.5. The van der Waals surface area contributed by atoms with Crippen molar-refractivity contribution in [2.45, 2.75) is 31.8 Å². The van der Waals surface area contributed by atoms with Gasteiger partial charge in [0.05, 0.1) is 17.8 Å². The van der Waals surface area contributed by atoms with Gasteiger partial charge in [0.15, 0.2) is 0 Å². The lowest BCUT2D eigenvalue weighted by molar-refractivity contribution is 0.559. The number of aromatic nitrogens is 2. The largest absolute Gasteiger partial charge is 0.351 e. The fourth-order valence-corrected chi connectivity index (χ4v) is 3.55. The van der Waals surface area contributed by atoms with E-state index in [0.717, 1.165) is 24.1 Å². The summed E-state index contributed by atoms with van der Waals surface area (Å²) in [6.07, 6.45) is 5.68. The molecule has 2 aromatic rings. The zero-order chi connectivity index (χ0) is 16.7. The molecule has 0 spiro atoms. The van der Waals surface area contributed by atoms with E-state index in [1.807, 2.05) is 6.20 Å². The van der Waals surface area contributed by atoms with Crippen LogP contribution in [0.25, 0.3) is 0 Å². The van der Waals surface area contributed by atoms with Gasteiger partial charge < -0.3 is 10.7 Å². The average molecular weight is 357 g/mol. The van der Waals surface area contributed by atoms with Crippen LogP contribution < -0.4 is 10.5 Å². The van der Waals surface area contributed by atoms with Crippen LogP contribution in [0.4, 0.5) is 0 Å². The maximum atomic E-state index is 12.0. The van der Waals surface area contributed by atoms with E-state index in [9.17, 15) is 8.42 Å². The summed E-state index contributed by atoms with van der Waals surface area (Å²) in [5.74, 6) is -0.0822. The summed E-state index contributed by atoms with van der Waals surface area (Å²) >= 11 is 5.79. The van der Waals surface area contributed by atoms with Crippen molar-refractivity contribution >= 4 is 21.6 Å². The highest BCUT2D eigenvalue weighted by molar-refractivity contribution is 7.89. The van der Waals surface area contributed by atoms with Gasteiger partial charge in [0, 0.05) is 23.8 Å². The predicted octanol–water partition coefficient (Wildman–Crippen LogP) is 1.83. The Morgan fingerprint density at radius 1 is 1.30 bits per heavy atom. The van der Waals surface area contributed by atoms with Crippen LogP contribution in [0.5, 0.6) is 0 Å². The number of imidazole rings is 1. The Kier molecular flexibility index (Phi) is 6.59. The van der Waals surface area contributed by atoms with E-state index < -0.39 is 16.1 Å². The number of nitrogens with zero attached hydrogens (tertiary/aromatic N) is 1. The fourth-order valence-electron chi connectivity index (χ4n) is 2.19. The third-order valence-corrected chi connectivity index (χ3v) is 5.11. The lowest BCUT2D eigenvalue weighted by atomic mass is 10.1. The SMILES string of the molecule is NC(CCCc1c[nH]cn1)CS(=O)(=O)NCc1ccc(Cl)cc1. The Morgan fingerprint density at radius 2 is 2.04 bits per heavy atom. The van der Waals surface area contributed by atoms with E-state index in [2.05, 4.69) is 14.7 Å². The molecular weight excluding hydrogens is 336 g/mol. The van der Waals surface area contributed by atoms with Gasteiger partial charge in [0.1, 0.15) is 0 Å². The van der Waals surface area contributed by atoms with Gasteiger partial charge in [-0.1, -0.05) is 23.7 Å². The number of sulfonamides is 1. The lowest BCUT2D eigenvalue weighted by Crippen LogP contribution is -2.36. The van der Waals surface area contributed by atoms with Crippen molar-refractivity contribution in [1.82, 2.24) is 14.7 Å². The topological polar surface area (TPSA) is 101 Å². The van der Waals surface area contributed by atoms with Crippen molar-refractivity contribution in [3.63, 3.8) is 0 Å². The molecule has 1 unspecified atom stereocenters. The van der Waals surface area contributed by atoms with E-state index in [1.165, 1.54) is 0 Å². The number of benzene rings is 1. The minimum Gasteiger partial charge on any atom is -0.351 e. The van der Waals surface area contributed by atoms with Gasteiger partial charge in [0.25, 0.3) is 0 Å². The zero-order valence-electron chi connectivity index (χ0n) is 12.7. The maximum Gasteiger partial charge on any atom is 0.213 e. The molecule has 126 valence electrons. The summed E-state index contributed by atoms with van der Waals surface area (Å²) in [6.45, 7) is 0.236. The minimum atomic E-state index is -3.40. The van der Waals surface area contributed by atoms with Crippen LogP contribution >= 0.6 is 11.6 Å². The second-order valence-electron chi connectivity index (χ2n) is 5.44. The molecule has 0 radical (unpaired) electrons. The van der Waals surface area contributed by atoms with Crippen LogP contribution in [0.3, 0.4) is 0 Å². The summed E-state index contributed by atoms with van der Waals surface area (Å²) in [5.41, 5.74) is 7.73. The Morgan fingerprint density at radius 3 is 2.70 bits per heavy atom. The number of aryl methyl sites for hydroxylation is 1. The van der Waals surface area contributed by atoms with E-state index in [0.29, 0.717) is 11.4 Å². The van der Waals surface area contributed by atoms with Crippen LogP contribution in [0, 0.1) is 0 Å². The van der Waals surface area contributed by atoms with Crippen LogP contribution in [-0.4, -0.2) is 30.2 Å². The molecular formula is C15H21ClN4O2S. The molecule has 4 N–H and O–H groups in total. The molecule has 8 heteroatoms. The van der Waals surface area contributed by atoms with Gasteiger partial charge in [-0.15, -0.1) is 0 Å². The Hall–Kier alpha value is -1.41. The van der Waals surface area contributed by atoms with Gasteiger partial charge in [-0.3, -0.25) is 0 Å². The molecule has 23 heavy (non-hydrogen) atoms. The molecule has 0 aliphatic carbocycles. The van der Waals surface area contributed by atoms with E-state index in [4.69, 9.17) is 17.3 Å². The number of H-pyrrole nitrogens is 1. The highest BCUT2D eigenvalue weighted by Gasteiger charge is 2.15. The second kappa shape index (κ2) is 8.44. The second-order valence-corrected chi connectivity index (χ2v) is 7.73. The monoisotopic (exact) mass is 356 g/mol. The number of nitrogens with two attached hydrogens (primary N) is 1. The summed E-state index contributed by atoms with van der Waals surface area (Å²) < 4.78 is 26.6. The molecule has 6 nitrogen and oxygen atoms in total. The number of aromatic amines is 1. The normalized spacial score (nSPS) is 13.1. The highest BCUT2D eigenvalue weighted by Crippen LogP contribution is 2.10. The first-order chi connectivity index (χ1) is 10.9. The molecule has 0 bridgehead atoms. The van der Waals surface area contributed by atoms with Crippen molar-refractivity contribution in [3.05, 3.63) is 53.1 Å². The molecule has 0 amide bonds. The van der Waals surface area contributed by atoms with Crippen molar-refractivity contribution in [2.75, 3.05) is 5.75 Å². The minimum absolute atomic E-state index is 0.0822. The first kappa shape index (κ1) is 17.9. The molecule has 1 heterocycles. The maximum absolute atomic E-state index is 12.0. The number of rotatable bonds is 9. The summed E-state index contributed by atoms with van der Waals surface area (Å²) in [7, 11) is -3.40. The van der Waals surface area contributed by atoms with E-state index in [1.54, 1.807) is 30.6 Å². The smallest absolute Gasteiger partial charge is 0.213 e. The summed E-state index contributed by atoms with van der Waals surface area (Å²) in [6, 6.07) is 6.64. The fraction of sp³-hybridized carbons (Fsp3) is 0.400. The number of hydrogen-bond donors (Lipinski definition) is 3. The van der Waals surface area contributed by atoms with E-state index in [-0.39, 0.29) is 12.3 Å². The van der Waals surface area contributed by atoms with E-state index >= 15 is 0 Å². The van der Waals surface area contributed by atoms with Gasteiger partial charge in [-0.2, -0.15) is 0 Å². The molecule has 1 aromatic heterocycles. The molecule has 1 aromatic carbocycles. The molecule has 0 aliphatic rings. The standard InChI is InChI=1S/C15H21ClN4O2S/c16-13-6-4-12(5-7-13)8-20-23(21,22)10-14(17)2-1-3-15-9-18-11-19-15/h4-7,9,11,14,20H,1-3,8,10,17H2,(H,18,19). The summed E-state index contributed by atoms with van der Waals surface area (Å²) in [5, 5.41) is 0.621. The Balaban J connectivity index is 1.72. The van der Waals surface area contributed by atoms with Gasteiger partial charge in [-0.05, 0) is 37.0 Å². The third-order valence-electron chi connectivity index (χ3n) is 3.41. The van der Waals surface area contributed by atoms with Gasteiger partial charge in [-0.25, -0.2) is 18.1 Å². The van der Waals surface area contributed by atoms with Crippen LogP contribution in [0.2, 0.25) is 5.02 Å². The van der Waals surface area contributed by atoms with Crippen molar-refractivity contribution < 1.29 is 8.42 Å². The quantitative estimate of drug-likeness (QED) is 0.638. The van der Waals surface area contributed by atoms with Gasteiger partial charge >= 0.3 is 0 Å². The van der Waals surface area contributed by atoms with Crippen molar-refractivity contribution in [3.8, 4) is 0 Å². The first-order valence-electron chi connectivity index (χ1n) is 7.39. The Bertz CT molecular complexity index is 687. The van der Waals surface area contributed by atoms with Gasteiger partial charge in [0.2, 0.25) is 10.0 Å². The average Bonchev–Trinajstić information content (AvgIpc) is 2.99. The summed E-state index contributed by atoms with van der Waals surface area (Å²) in [4.78, 5) is 7.01. The molecule has 2 rings (SSSR count). The van der Waals surface area contributed by atoms with Crippen LogP contribution in [-0.2, 0) is 23.0 Å². The number of halogens is 1. The van der Waals surface area contributed by atoms with Crippen molar-refractivity contribution in [1.29, 1.82) is 0 Å².